The van der Waals surface area contributed by atoms with E-state index in [1.807, 2.05) is 12.1 Å². The maximum atomic E-state index is 11.8. The van der Waals surface area contributed by atoms with Gasteiger partial charge in [-0.2, -0.15) is 0 Å². The SMILES string of the molecule is Cc1ccccc1C(=O)OOC(=O)c1ccccc1C. The van der Waals surface area contributed by atoms with E-state index in [9.17, 15) is 9.59 Å². The molecule has 0 bridgehead atoms. The summed E-state index contributed by atoms with van der Waals surface area (Å²) in [6, 6.07) is 13.8. The second kappa shape index (κ2) is 6.02. The number of hydrogen-bond acceptors (Lipinski definition) is 4. The summed E-state index contributed by atoms with van der Waals surface area (Å²) >= 11 is 0. The van der Waals surface area contributed by atoms with Crippen LogP contribution in [0.3, 0.4) is 0 Å². The summed E-state index contributed by atoms with van der Waals surface area (Å²) in [5.74, 6) is -1.38. The lowest BCUT2D eigenvalue weighted by Gasteiger charge is -2.06. The van der Waals surface area contributed by atoms with Crippen molar-refractivity contribution in [2.45, 2.75) is 13.8 Å². The normalized spacial score (nSPS) is 9.90. The maximum Gasteiger partial charge on any atom is 0.386 e. The van der Waals surface area contributed by atoms with Crippen molar-refractivity contribution in [2.24, 2.45) is 0 Å². The van der Waals surface area contributed by atoms with Gasteiger partial charge in [0.05, 0.1) is 11.1 Å². The van der Waals surface area contributed by atoms with Gasteiger partial charge in [-0.1, -0.05) is 36.4 Å². The number of aryl methyl sites for hydroxylation is 2. The van der Waals surface area contributed by atoms with Gasteiger partial charge in [-0.15, -0.1) is 0 Å². The number of rotatable bonds is 2. The van der Waals surface area contributed by atoms with Gasteiger partial charge in [-0.3, -0.25) is 0 Å². The van der Waals surface area contributed by atoms with E-state index < -0.39 is 11.9 Å². The van der Waals surface area contributed by atoms with Crippen molar-refractivity contribution in [2.75, 3.05) is 0 Å². The van der Waals surface area contributed by atoms with Gasteiger partial charge in [0.25, 0.3) is 0 Å². The van der Waals surface area contributed by atoms with Gasteiger partial charge in [0.2, 0.25) is 0 Å². The van der Waals surface area contributed by atoms with Crippen molar-refractivity contribution >= 4 is 11.9 Å². The zero-order valence-electron chi connectivity index (χ0n) is 11.3. The van der Waals surface area contributed by atoms with Crippen molar-refractivity contribution in [3.63, 3.8) is 0 Å². The Balaban J connectivity index is 2.03. The van der Waals surface area contributed by atoms with E-state index in [4.69, 9.17) is 0 Å². The van der Waals surface area contributed by atoms with Crippen molar-refractivity contribution in [3.05, 3.63) is 70.8 Å². The van der Waals surface area contributed by atoms with Crippen LogP contribution in [-0.4, -0.2) is 11.9 Å². The fourth-order valence-electron chi connectivity index (χ4n) is 1.77. The fraction of sp³-hybridized carbons (Fsp3) is 0.125. The minimum atomic E-state index is -0.690. The van der Waals surface area contributed by atoms with Gasteiger partial charge >= 0.3 is 11.9 Å². The standard InChI is InChI=1S/C16H14O4/c1-11-7-3-5-9-13(11)15(17)19-20-16(18)14-10-6-4-8-12(14)2/h3-10H,1-2H3. The molecule has 0 aliphatic heterocycles. The molecule has 4 heteroatoms. The monoisotopic (exact) mass is 270 g/mol. The highest BCUT2D eigenvalue weighted by Gasteiger charge is 2.16. The van der Waals surface area contributed by atoms with Gasteiger partial charge < -0.3 is 0 Å². The largest absolute Gasteiger partial charge is 0.386 e. The molecule has 0 aliphatic rings. The van der Waals surface area contributed by atoms with E-state index in [0.717, 1.165) is 11.1 Å². The molecular formula is C16H14O4. The molecule has 0 radical (unpaired) electrons. The molecule has 0 atom stereocenters. The second-order valence-electron chi connectivity index (χ2n) is 4.37. The zero-order chi connectivity index (χ0) is 14.5. The first kappa shape index (κ1) is 13.8. The number of hydrogen-bond donors (Lipinski definition) is 0. The first-order valence-electron chi connectivity index (χ1n) is 6.14. The van der Waals surface area contributed by atoms with Crippen LogP contribution in [-0.2, 0) is 9.78 Å². The van der Waals surface area contributed by atoms with Crippen LogP contribution in [0.25, 0.3) is 0 Å². The predicted octanol–water partition coefficient (Wildman–Crippen LogP) is 3.23. The summed E-state index contributed by atoms with van der Waals surface area (Å²) in [7, 11) is 0. The molecule has 2 aromatic carbocycles. The molecule has 0 amide bonds. The van der Waals surface area contributed by atoms with E-state index in [2.05, 4.69) is 9.78 Å². The van der Waals surface area contributed by atoms with Gasteiger partial charge in [0.1, 0.15) is 0 Å². The highest BCUT2D eigenvalue weighted by Crippen LogP contribution is 2.11. The van der Waals surface area contributed by atoms with Crippen LogP contribution >= 0.6 is 0 Å². The lowest BCUT2D eigenvalue weighted by Crippen LogP contribution is -2.13. The quantitative estimate of drug-likeness (QED) is 0.621. The Bertz CT molecular complexity index is 589. The molecule has 4 nitrogen and oxygen atoms in total. The van der Waals surface area contributed by atoms with Crippen LogP contribution < -0.4 is 0 Å². The Morgan fingerprint density at radius 3 is 1.40 bits per heavy atom. The van der Waals surface area contributed by atoms with Crippen molar-refractivity contribution in [1.82, 2.24) is 0 Å². The maximum absolute atomic E-state index is 11.8. The molecule has 102 valence electrons. The summed E-state index contributed by atoms with van der Waals surface area (Å²) in [5, 5.41) is 0. The summed E-state index contributed by atoms with van der Waals surface area (Å²) in [6.07, 6.45) is 0. The molecular weight excluding hydrogens is 256 g/mol. The summed E-state index contributed by atoms with van der Waals surface area (Å²) in [4.78, 5) is 32.8. The molecule has 0 saturated heterocycles. The van der Waals surface area contributed by atoms with Crippen molar-refractivity contribution < 1.29 is 19.4 Å². The Labute approximate surface area is 116 Å². The average Bonchev–Trinajstić information content (AvgIpc) is 2.45. The molecule has 0 spiro atoms. The number of carbonyl (C=O) groups excluding carboxylic acids is 2. The molecule has 0 aliphatic carbocycles. The Hall–Kier alpha value is -2.62. The molecule has 20 heavy (non-hydrogen) atoms. The van der Waals surface area contributed by atoms with Crippen LogP contribution in [0, 0.1) is 13.8 Å². The van der Waals surface area contributed by atoms with Gasteiger partial charge in [0.15, 0.2) is 0 Å². The van der Waals surface area contributed by atoms with Crippen LogP contribution in [0.1, 0.15) is 31.8 Å². The van der Waals surface area contributed by atoms with E-state index in [1.54, 1.807) is 50.2 Å². The zero-order valence-corrected chi connectivity index (χ0v) is 11.3. The van der Waals surface area contributed by atoms with Crippen LogP contribution in [0.4, 0.5) is 0 Å². The third-order valence-corrected chi connectivity index (χ3v) is 2.92. The number of benzene rings is 2. The predicted molar refractivity (Wildman–Crippen MR) is 73.2 cm³/mol. The van der Waals surface area contributed by atoms with Gasteiger partial charge in [0, 0.05) is 0 Å². The third kappa shape index (κ3) is 3.03. The van der Waals surface area contributed by atoms with Crippen molar-refractivity contribution in [3.8, 4) is 0 Å². The highest BCUT2D eigenvalue weighted by atomic mass is 17.2. The lowest BCUT2D eigenvalue weighted by atomic mass is 10.1. The van der Waals surface area contributed by atoms with Crippen molar-refractivity contribution in [1.29, 1.82) is 0 Å². The first-order chi connectivity index (χ1) is 9.59. The molecule has 0 heterocycles. The Morgan fingerprint density at radius 1 is 0.700 bits per heavy atom. The highest BCUT2D eigenvalue weighted by molar-refractivity contribution is 5.93. The molecule has 2 aromatic rings. The first-order valence-corrected chi connectivity index (χ1v) is 6.14. The smallest absolute Gasteiger partial charge is 0.241 e. The van der Waals surface area contributed by atoms with E-state index in [0.29, 0.717) is 11.1 Å². The minimum absolute atomic E-state index is 0.366. The van der Waals surface area contributed by atoms with E-state index in [-0.39, 0.29) is 0 Å². The molecule has 0 aromatic heterocycles. The van der Waals surface area contributed by atoms with Crippen LogP contribution in [0.15, 0.2) is 48.5 Å². The van der Waals surface area contributed by atoms with Crippen LogP contribution in [0.2, 0.25) is 0 Å². The fourth-order valence-corrected chi connectivity index (χ4v) is 1.77. The van der Waals surface area contributed by atoms with Gasteiger partial charge in [-0.05, 0) is 37.1 Å². The Morgan fingerprint density at radius 2 is 1.05 bits per heavy atom. The third-order valence-electron chi connectivity index (χ3n) is 2.92. The van der Waals surface area contributed by atoms with Gasteiger partial charge in [-0.25, -0.2) is 19.4 Å². The molecule has 0 saturated carbocycles. The minimum Gasteiger partial charge on any atom is -0.241 e. The topological polar surface area (TPSA) is 52.6 Å². The molecule has 0 N–H and O–H groups in total. The molecule has 2 rings (SSSR count). The van der Waals surface area contributed by atoms with Crippen LogP contribution in [0.5, 0.6) is 0 Å². The second-order valence-corrected chi connectivity index (χ2v) is 4.37. The summed E-state index contributed by atoms with van der Waals surface area (Å²) in [6.45, 7) is 3.56. The lowest BCUT2D eigenvalue weighted by molar-refractivity contribution is -0.187. The Kier molecular flexibility index (Phi) is 4.15. The average molecular weight is 270 g/mol. The molecule has 0 fully saturated rings. The molecule has 0 unspecified atom stereocenters. The van der Waals surface area contributed by atoms with E-state index in [1.165, 1.54) is 0 Å². The summed E-state index contributed by atoms with van der Waals surface area (Å²) < 4.78 is 0. The summed E-state index contributed by atoms with van der Waals surface area (Å²) in [5.41, 5.74) is 2.24. The number of carbonyl (C=O) groups is 2. The van der Waals surface area contributed by atoms with E-state index >= 15 is 0 Å².